The maximum Gasteiger partial charge on any atom is 0.160 e. The van der Waals surface area contributed by atoms with Gasteiger partial charge in [0.05, 0.1) is 33.5 Å². The Morgan fingerprint density at radius 3 is 1.32 bits per heavy atom. The van der Waals surface area contributed by atoms with Gasteiger partial charge in [0.15, 0.2) is 5.82 Å². The van der Waals surface area contributed by atoms with Crippen LogP contribution in [0.25, 0.3) is 100 Å². The molecule has 0 bridgehead atoms. The molecule has 4 nitrogen and oxygen atoms in total. The van der Waals surface area contributed by atoms with Gasteiger partial charge in [0.1, 0.15) is 0 Å². The molecular weight excluding hydrogens is 885 g/mol. The molecule has 8 aromatic carbocycles. The molecule has 0 saturated carbocycles. The maximum absolute atomic E-state index is 5.54. The largest absolute Gasteiger partial charge is 0.309 e. The Morgan fingerprint density at radius 1 is 0.342 bits per heavy atom. The van der Waals surface area contributed by atoms with Crippen molar-refractivity contribution < 1.29 is 0 Å². The third-order valence-corrected chi connectivity index (χ3v) is 16.1. The molecule has 0 amide bonds. The topological polar surface area (TPSA) is 35.6 Å². The molecule has 0 N–H and O–H groups in total. The molecule has 362 valence electrons. The zero-order valence-corrected chi connectivity index (χ0v) is 42.7. The molecule has 0 aliphatic heterocycles. The van der Waals surface area contributed by atoms with E-state index in [0.717, 1.165) is 45.3 Å². The predicted octanol–water partition coefficient (Wildman–Crippen LogP) is 19.4. The summed E-state index contributed by atoms with van der Waals surface area (Å²) in [6.07, 6.45) is 17.9. The van der Waals surface area contributed by atoms with Crippen LogP contribution < -0.4 is 0 Å². The summed E-state index contributed by atoms with van der Waals surface area (Å²) in [5, 5.41) is 4.95. The third-order valence-electron chi connectivity index (χ3n) is 16.1. The highest BCUT2D eigenvalue weighted by atomic mass is 15.0. The first-order valence-corrected chi connectivity index (χ1v) is 27.5. The smallest absolute Gasteiger partial charge is 0.160 e. The normalized spacial score (nSPS) is 12.8. The SMILES string of the molecule is CCCCCCCCC1(CCCCCCCC)c2ccccc2-c2ccc(-c3cc(-c4cc(-n5c6ccccc6c6ccccc65)cc(-n5c6ccccc6c6ccccc65)c4)nc(-c4ccccc4)n3)cc21. The summed E-state index contributed by atoms with van der Waals surface area (Å²) in [5.74, 6) is 0.725. The number of nitrogens with zero attached hydrogens (tertiary/aromatic N) is 4. The summed E-state index contributed by atoms with van der Waals surface area (Å²) in [5.41, 5.74) is 17.6. The molecule has 0 saturated heterocycles. The number of fused-ring (bicyclic) bond motifs is 9. The number of rotatable bonds is 19. The molecule has 73 heavy (non-hydrogen) atoms. The molecule has 1 aliphatic rings. The zero-order valence-electron chi connectivity index (χ0n) is 42.7. The van der Waals surface area contributed by atoms with Crippen LogP contribution in [0.4, 0.5) is 0 Å². The standard InChI is InChI=1S/C69H66N4/c1-3-5-7-9-11-26-42-69(43-27-12-10-8-6-4-2)60-35-21-16-30-54(60)55-41-40-50(46-61(55)69)62-48-63(71-68(70-62)49-28-14-13-15-29-49)51-44-52(72-64-36-22-17-31-56(64)57-32-18-23-37-65(57)72)47-53(45-51)73-66-38-24-19-33-58(66)59-34-20-25-39-67(59)73/h13-25,28-41,44-48H,3-12,26-27,42-43H2,1-2H3. The van der Waals surface area contributed by atoms with Crippen molar-refractivity contribution in [3.63, 3.8) is 0 Å². The lowest BCUT2D eigenvalue weighted by Gasteiger charge is -2.33. The molecule has 0 atom stereocenters. The lowest BCUT2D eigenvalue weighted by Crippen LogP contribution is -2.25. The van der Waals surface area contributed by atoms with Crippen LogP contribution in [0.1, 0.15) is 115 Å². The highest BCUT2D eigenvalue weighted by Gasteiger charge is 2.42. The van der Waals surface area contributed by atoms with Crippen LogP contribution in [0, 0.1) is 0 Å². The molecule has 11 aromatic rings. The van der Waals surface area contributed by atoms with Gasteiger partial charge in [-0.15, -0.1) is 0 Å². The van der Waals surface area contributed by atoms with Crippen LogP contribution in [0.3, 0.4) is 0 Å². The van der Waals surface area contributed by atoms with Crippen LogP contribution in [-0.2, 0) is 5.41 Å². The predicted molar refractivity (Wildman–Crippen MR) is 309 cm³/mol. The Hall–Kier alpha value is -7.56. The third kappa shape index (κ3) is 8.65. The average Bonchev–Trinajstić information content (AvgIpc) is 4.07. The Balaban J connectivity index is 1.05. The van der Waals surface area contributed by atoms with Crippen molar-refractivity contribution in [3.8, 4) is 56.4 Å². The van der Waals surface area contributed by atoms with Crippen LogP contribution in [0.15, 0.2) is 194 Å². The Bertz CT molecular complexity index is 3490. The van der Waals surface area contributed by atoms with E-state index >= 15 is 0 Å². The van der Waals surface area contributed by atoms with Crippen LogP contribution in [0.2, 0.25) is 0 Å². The van der Waals surface area contributed by atoms with Gasteiger partial charge in [-0.25, -0.2) is 9.97 Å². The van der Waals surface area contributed by atoms with E-state index in [0.29, 0.717) is 0 Å². The molecule has 3 aromatic heterocycles. The molecule has 0 unspecified atom stereocenters. The van der Waals surface area contributed by atoms with Gasteiger partial charge in [-0.05, 0) is 89.7 Å². The minimum Gasteiger partial charge on any atom is -0.309 e. The minimum absolute atomic E-state index is 0.0383. The molecule has 0 spiro atoms. The summed E-state index contributed by atoms with van der Waals surface area (Å²) in [4.78, 5) is 11.1. The maximum atomic E-state index is 5.54. The van der Waals surface area contributed by atoms with E-state index < -0.39 is 0 Å². The number of unbranched alkanes of at least 4 members (excludes halogenated alkanes) is 10. The molecule has 12 rings (SSSR count). The first-order valence-electron chi connectivity index (χ1n) is 27.5. The van der Waals surface area contributed by atoms with Crippen LogP contribution in [0.5, 0.6) is 0 Å². The Morgan fingerprint density at radius 2 is 0.781 bits per heavy atom. The van der Waals surface area contributed by atoms with Crippen molar-refractivity contribution in [2.75, 3.05) is 0 Å². The van der Waals surface area contributed by atoms with E-state index in [-0.39, 0.29) is 5.41 Å². The Kier molecular flexibility index (Phi) is 13.1. The number of aromatic nitrogens is 4. The molecule has 4 heteroatoms. The van der Waals surface area contributed by atoms with Gasteiger partial charge in [-0.1, -0.05) is 230 Å². The Labute approximate surface area is 431 Å². The molecule has 3 heterocycles. The van der Waals surface area contributed by atoms with Gasteiger partial charge in [-0.3, -0.25) is 0 Å². The van der Waals surface area contributed by atoms with Crippen molar-refractivity contribution in [3.05, 3.63) is 205 Å². The lowest BCUT2D eigenvalue weighted by molar-refractivity contribution is 0.398. The molecule has 0 radical (unpaired) electrons. The lowest BCUT2D eigenvalue weighted by atomic mass is 9.70. The number of hydrogen-bond acceptors (Lipinski definition) is 2. The average molecular weight is 951 g/mol. The van der Waals surface area contributed by atoms with Gasteiger partial charge in [0, 0.05) is 55.0 Å². The fraction of sp³-hybridized carbons (Fsp3) is 0.246. The van der Waals surface area contributed by atoms with E-state index in [1.54, 1.807) is 0 Å². The van der Waals surface area contributed by atoms with Crippen molar-refractivity contribution in [2.45, 2.75) is 109 Å². The zero-order chi connectivity index (χ0) is 49.1. The summed E-state index contributed by atoms with van der Waals surface area (Å²) in [7, 11) is 0. The highest BCUT2D eigenvalue weighted by Crippen LogP contribution is 2.55. The van der Waals surface area contributed by atoms with E-state index in [1.165, 1.54) is 156 Å². The summed E-state index contributed by atoms with van der Waals surface area (Å²) in [6, 6.07) is 71.8. The summed E-state index contributed by atoms with van der Waals surface area (Å²) >= 11 is 0. The highest BCUT2D eigenvalue weighted by molar-refractivity contribution is 6.10. The van der Waals surface area contributed by atoms with E-state index in [4.69, 9.17) is 9.97 Å². The molecule has 1 aliphatic carbocycles. The van der Waals surface area contributed by atoms with Gasteiger partial charge in [-0.2, -0.15) is 0 Å². The first kappa shape index (κ1) is 46.5. The first-order chi connectivity index (χ1) is 36.1. The second kappa shape index (κ2) is 20.5. The number of benzene rings is 8. The van der Waals surface area contributed by atoms with Gasteiger partial charge < -0.3 is 9.13 Å². The number of para-hydroxylation sites is 4. The van der Waals surface area contributed by atoms with Crippen molar-refractivity contribution >= 4 is 43.6 Å². The van der Waals surface area contributed by atoms with Crippen molar-refractivity contribution in [1.29, 1.82) is 0 Å². The quantitative estimate of drug-likeness (QED) is 0.0757. The minimum atomic E-state index is -0.0383. The van der Waals surface area contributed by atoms with Gasteiger partial charge >= 0.3 is 0 Å². The summed E-state index contributed by atoms with van der Waals surface area (Å²) < 4.78 is 4.88. The van der Waals surface area contributed by atoms with Gasteiger partial charge in [0.2, 0.25) is 0 Å². The van der Waals surface area contributed by atoms with Crippen LogP contribution in [-0.4, -0.2) is 19.1 Å². The second-order valence-corrected chi connectivity index (χ2v) is 20.7. The van der Waals surface area contributed by atoms with Gasteiger partial charge in [0.25, 0.3) is 0 Å². The van der Waals surface area contributed by atoms with E-state index in [1.807, 2.05) is 0 Å². The van der Waals surface area contributed by atoms with E-state index in [9.17, 15) is 0 Å². The van der Waals surface area contributed by atoms with E-state index in [2.05, 4.69) is 217 Å². The summed E-state index contributed by atoms with van der Waals surface area (Å²) in [6.45, 7) is 4.63. The fourth-order valence-corrected chi connectivity index (χ4v) is 12.6. The van der Waals surface area contributed by atoms with Crippen LogP contribution >= 0.6 is 0 Å². The second-order valence-electron chi connectivity index (χ2n) is 20.7. The molecule has 0 fully saturated rings. The molecular formula is C69H66N4. The monoisotopic (exact) mass is 951 g/mol. The van der Waals surface area contributed by atoms with Crippen molar-refractivity contribution in [2.24, 2.45) is 0 Å². The number of hydrogen-bond donors (Lipinski definition) is 0. The fourth-order valence-electron chi connectivity index (χ4n) is 12.6. The van der Waals surface area contributed by atoms with Crippen molar-refractivity contribution in [1.82, 2.24) is 19.1 Å².